The fourth-order valence-electron chi connectivity index (χ4n) is 1.22. The van der Waals surface area contributed by atoms with E-state index >= 15 is 0 Å². The number of carbonyl (C=O) groups is 1. The van der Waals surface area contributed by atoms with Crippen molar-refractivity contribution >= 4 is 6.29 Å². The Kier molecular flexibility index (Phi) is 7.45. The topological polar surface area (TPSA) is 96.2 Å². The van der Waals surface area contributed by atoms with Crippen molar-refractivity contribution in [1.82, 2.24) is 0 Å². The van der Waals surface area contributed by atoms with Crippen LogP contribution < -0.4 is 0 Å². The van der Waals surface area contributed by atoms with Crippen molar-refractivity contribution < 1.29 is 29.6 Å². The molecule has 1 heterocycles. The molecule has 0 radical (unpaired) electrons. The fourth-order valence-corrected chi connectivity index (χ4v) is 1.22. The van der Waals surface area contributed by atoms with Crippen LogP contribution in [0, 0.1) is 16.2 Å². The first-order chi connectivity index (χ1) is 9.41. The molecule has 1 fully saturated rings. The number of hydrogen-bond acceptors (Lipinski definition) is 6. The third-order valence-corrected chi connectivity index (χ3v) is 3.30. The molecule has 2 unspecified atom stereocenters. The molecular weight excluding hydrogens is 276 g/mol. The third-order valence-electron chi connectivity index (χ3n) is 3.30. The smallest absolute Gasteiger partial charge is 0.167 e. The van der Waals surface area contributed by atoms with Crippen LogP contribution in [0.2, 0.25) is 0 Å². The van der Waals surface area contributed by atoms with Gasteiger partial charge in [-0.3, -0.25) is 0 Å². The van der Waals surface area contributed by atoms with E-state index in [-0.39, 0.29) is 18.6 Å². The van der Waals surface area contributed by atoms with Crippen molar-refractivity contribution in [3.8, 4) is 0 Å². The summed E-state index contributed by atoms with van der Waals surface area (Å²) >= 11 is 0. The molecule has 1 aliphatic rings. The Morgan fingerprint density at radius 1 is 1.19 bits per heavy atom. The quantitative estimate of drug-likeness (QED) is 0.669. The lowest BCUT2D eigenvalue weighted by Crippen LogP contribution is -2.51. The van der Waals surface area contributed by atoms with Gasteiger partial charge in [0.25, 0.3) is 0 Å². The van der Waals surface area contributed by atoms with Crippen LogP contribution >= 0.6 is 0 Å². The van der Waals surface area contributed by atoms with Crippen molar-refractivity contribution in [2.45, 2.75) is 54.1 Å². The first-order valence-corrected chi connectivity index (χ1v) is 7.05. The lowest BCUT2D eigenvalue weighted by molar-refractivity contribution is -0.347. The average Bonchev–Trinajstić information content (AvgIpc) is 2.42. The first kappa shape index (κ1) is 20.5. The Morgan fingerprint density at radius 3 is 2.00 bits per heavy atom. The molecule has 1 aliphatic heterocycles. The van der Waals surface area contributed by atoms with Gasteiger partial charge in [-0.15, -0.1) is 0 Å². The van der Waals surface area contributed by atoms with Crippen LogP contribution in [-0.4, -0.2) is 54.0 Å². The van der Waals surface area contributed by atoms with Crippen LogP contribution in [-0.2, 0) is 14.3 Å². The van der Waals surface area contributed by atoms with Gasteiger partial charge in [-0.05, 0) is 0 Å². The van der Waals surface area contributed by atoms with E-state index in [0.717, 1.165) is 6.29 Å². The Labute approximate surface area is 127 Å². The minimum absolute atomic E-state index is 0.0369. The van der Waals surface area contributed by atoms with Crippen LogP contribution in [0.4, 0.5) is 0 Å². The second kappa shape index (κ2) is 7.65. The van der Waals surface area contributed by atoms with Gasteiger partial charge in [-0.1, -0.05) is 41.5 Å². The average molecular weight is 306 g/mol. The van der Waals surface area contributed by atoms with Gasteiger partial charge in [0.1, 0.15) is 6.29 Å². The van der Waals surface area contributed by atoms with Gasteiger partial charge >= 0.3 is 0 Å². The SMILES string of the molecule is CC(C)(C=O)CO.CC1(C)COC(C(C)(C)CO)OC1O. The lowest BCUT2D eigenvalue weighted by atomic mass is 9.89. The number of aliphatic hydroxyl groups is 3. The number of ether oxygens (including phenoxy) is 2. The summed E-state index contributed by atoms with van der Waals surface area (Å²) in [7, 11) is 0. The van der Waals surface area contributed by atoms with Crippen molar-refractivity contribution in [2.24, 2.45) is 16.2 Å². The number of rotatable bonds is 4. The third kappa shape index (κ3) is 6.40. The molecule has 126 valence electrons. The minimum atomic E-state index is -0.841. The molecule has 0 aliphatic carbocycles. The number of aliphatic hydroxyl groups excluding tert-OH is 3. The highest BCUT2D eigenvalue weighted by Crippen LogP contribution is 2.35. The molecule has 0 aromatic carbocycles. The Hall–Kier alpha value is -0.530. The molecule has 0 saturated carbocycles. The van der Waals surface area contributed by atoms with Gasteiger partial charge in [0.2, 0.25) is 0 Å². The summed E-state index contributed by atoms with van der Waals surface area (Å²) in [4.78, 5) is 9.90. The zero-order chi connectivity index (χ0) is 16.9. The maximum Gasteiger partial charge on any atom is 0.167 e. The molecule has 0 amide bonds. The molecule has 2 atom stereocenters. The molecular formula is C15H30O6. The second-order valence-corrected chi connectivity index (χ2v) is 7.53. The van der Waals surface area contributed by atoms with E-state index in [4.69, 9.17) is 19.7 Å². The molecule has 3 N–H and O–H groups in total. The summed E-state index contributed by atoms with van der Waals surface area (Å²) in [6, 6.07) is 0. The van der Waals surface area contributed by atoms with E-state index in [1.54, 1.807) is 13.8 Å². The molecule has 21 heavy (non-hydrogen) atoms. The van der Waals surface area contributed by atoms with Crippen LogP contribution in [0.5, 0.6) is 0 Å². The molecule has 6 nitrogen and oxygen atoms in total. The summed E-state index contributed by atoms with van der Waals surface area (Å²) in [5.41, 5.74) is -1.42. The highest BCUT2D eigenvalue weighted by atomic mass is 16.7. The highest BCUT2D eigenvalue weighted by Gasteiger charge is 2.42. The Bertz CT molecular complexity index is 324. The van der Waals surface area contributed by atoms with E-state index in [1.165, 1.54) is 0 Å². The standard InChI is InChI=1S/C10H20O4.C5H10O2/c1-9(2,5-11)8-13-6-10(3,4)7(12)14-8;1-5(2,3-6)4-7/h7-8,11-12H,5-6H2,1-4H3;3,7H,4H2,1-2H3. The van der Waals surface area contributed by atoms with E-state index in [1.807, 2.05) is 27.7 Å². The molecule has 0 aromatic rings. The van der Waals surface area contributed by atoms with Crippen LogP contribution in [0.15, 0.2) is 0 Å². The maximum absolute atomic E-state index is 9.90. The Balaban J connectivity index is 0.000000486. The molecule has 1 saturated heterocycles. The molecule has 0 spiro atoms. The lowest BCUT2D eigenvalue weighted by Gasteiger charge is -2.43. The normalized spacial score (nSPS) is 25.8. The number of carbonyl (C=O) groups excluding carboxylic acids is 1. The van der Waals surface area contributed by atoms with Crippen molar-refractivity contribution in [3.63, 3.8) is 0 Å². The molecule has 0 bridgehead atoms. The summed E-state index contributed by atoms with van der Waals surface area (Å²) in [6.07, 6.45) is -0.643. The predicted molar refractivity (Wildman–Crippen MR) is 78.4 cm³/mol. The zero-order valence-electron chi connectivity index (χ0n) is 13.9. The van der Waals surface area contributed by atoms with Gasteiger partial charge < -0.3 is 29.6 Å². The largest absolute Gasteiger partial charge is 0.396 e. The van der Waals surface area contributed by atoms with Crippen LogP contribution in [0.3, 0.4) is 0 Å². The number of aldehydes is 1. The van der Waals surface area contributed by atoms with Crippen molar-refractivity contribution in [1.29, 1.82) is 0 Å². The molecule has 6 heteroatoms. The maximum atomic E-state index is 9.90. The monoisotopic (exact) mass is 306 g/mol. The van der Waals surface area contributed by atoms with E-state index in [2.05, 4.69) is 0 Å². The molecule has 0 aromatic heterocycles. The van der Waals surface area contributed by atoms with Gasteiger partial charge in [-0.2, -0.15) is 0 Å². The predicted octanol–water partition coefficient (Wildman–Crippen LogP) is 0.926. The van der Waals surface area contributed by atoms with E-state index < -0.39 is 23.4 Å². The summed E-state index contributed by atoms with van der Waals surface area (Å²) < 4.78 is 10.8. The number of hydrogen-bond donors (Lipinski definition) is 3. The summed E-state index contributed by atoms with van der Waals surface area (Å²) in [5.74, 6) is 0. The van der Waals surface area contributed by atoms with Crippen LogP contribution in [0.25, 0.3) is 0 Å². The summed E-state index contributed by atoms with van der Waals surface area (Å²) in [5, 5.41) is 27.2. The zero-order valence-corrected chi connectivity index (χ0v) is 13.9. The van der Waals surface area contributed by atoms with Gasteiger partial charge in [0.15, 0.2) is 12.6 Å². The minimum Gasteiger partial charge on any atom is -0.396 e. The molecule has 1 rings (SSSR count). The van der Waals surface area contributed by atoms with Gasteiger partial charge in [-0.25, -0.2) is 0 Å². The van der Waals surface area contributed by atoms with Crippen molar-refractivity contribution in [2.75, 3.05) is 19.8 Å². The first-order valence-electron chi connectivity index (χ1n) is 7.05. The Morgan fingerprint density at radius 2 is 1.71 bits per heavy atom. The summed E-state index contributed by atoms with van der Waals surface area (Å²) in [6.45, 7) is 11.1. The van der Waals surface area contributed by atoms with Gasteiger partial charge in [0, 0.05) is 16.2 Å². The van der Waals surface area contributed by atoms with E-state index in [9.17, 15) is 9.90 Å². The van der Waals surface area contributed by atoms with E-state index in [0.29, 0.717) is 6.61 Å². The van der Waals surface area contributed by atoms with Crippen molar-refractivity contribution in [3.05, 3.63) is 0 Å². The fraction of sp³-hybridized carbons (Fsp3) is 0.933. The highest BCUT2D eigenvalue weighted by molar-refractivity contribution is 5.57. The van der Waals surface area contributed by atoms with Crippen LogP contribution in [0.1, 0.15) is 41.5 Å². The second-order valence-electron chi connectivity index (χ2n) is 7.53. The van der Waals surface area contributed by atoms with Gasteiger partial charge in [0.05, 0.1) is 19.8 Å².